The molecular formula is C16H16ClN3O4. The highest BCUT2D eigenvalue weighted by Gasteiger charge is 2.18. The number of aromatic amines is 1. The van der Waals surface area contributed by atoms with Gasteiger partial charge in [-0.25, -0.2) is 4.98 Å². The maximum atomic E-state index is 12.2. The number of carbonyl (C=O) groups excluding carboxylic acids is 1. The number of anilines is 1. The van der Waals surface area contributed by atoms with Crippen molar-refractivity contribution >= 4 is 23.2 Å². The fraction of sp³-hybridized carbons (Fsp3) is 0.312. The van der Waals surface area contributed by atoms with Gasteiger partial charge in [-0.2, -0.15) is 0 Å². The summed E-state index contributed by atoms with van der Waals surface area (Å²) in [5, 5.41) is 3.08. The predicted molar refractivity (Wildman–Crippen MR) is 88.9 cm³/mol. The maximum absolute atomic E-state index is 12.2. The van der Waals surface area contributed by atoms with Gasteiger partial charge in [-0.15, -0.1) is 0 Å². The number of aryl methyl sites for hydroxylation is 2. The molecule has 0 saturated heterocycles. The largest absolute Gasteiger partial charge is 0.454 e. The van der Waals surface area contributed by atoms with Crippen LogP contribution in [0.3, 0.4) is 0 Å². The second-order valence-electron chi connectivity index (χ2n) is 5.45. The lowest BCUT2D eigenvalue weighted by atomic mass is 10.1. The van der Waals surface area contributed by atoms with Crippen molar-refractivity contribution in [2.24, 2.45) is 0 Å². The number of halogens is 1. The summed E-state index contributed by atoms with van der Waals surface area (Å²) < 4.78 is 10.5. The fourth-order valence-corrected chi connectivity index (χ4v) is 2.71. The second-order valence-corrected chi connectivity index (χ2v) is 5.86. The molecule has 0 saturated carbocycles. The number of carbonyl (C=O) groups is 1. The molecule has 2 heterocycles. The molecule has 0 fully saturated rings. The van der Waals surface area contributed by atoms with E-state index >= 15 is 0 Å². The Morgan fingerprint density at radius 3 is 2.75 bits per heavy atom. The average molecular weight is 350 g/mol. The number of H-pyrrole nitrogens is 1. The van der Waals surface area contributed by atoms with E-state index < -0.39 is 0 Å². The summed E-state index contributed by atoms with van der Waals surface area (Å²) in [4.78, 5) is 30.9. The van der Waals surface area contributed by atoms with E-state index in [1.54, 1.807) is 26.0 Å². The number of hydrogen-bond donors (Lipinski definition) is 2. The Morgan fingerprint density at radius 1 is 1.33 bits per heavy atom. The summed E-state index contributed by atoms with van der Waals surface area (Å²) in [5.41, 5.74) is 1.37. The van der Waals surface area contributed by atoms with E-state index in [-0.39, 0.29) is 24.7 Å². The van der Waals surface area contributed by atoms with E-state index in [9.17, 15) is 9.59 Å². The molecule has 1 aliphatic heterocycles. The first-order chi connectivity index (χ1) is 11.4. The van der Waals surface area contributed by atoms with Gasteiger partial charge in [-0.05, 0) is 20.3 Å². The normalized spacial score (nSPS) is 12.3. The summed E-state index contributed by atoms with van der Waals surface area (Å²) in [6, 6.07) is 3.21. The third-order valence-corrected chi connectivity index (χ3v) is 3.99. The van der Waals surface area contributed by atoms with E-state index in [2.05, 4.69) is 15.3 Å². The van der Waals surface area contributed by atoms with Crippen molar-refractivity contribution in [3.8, 4) is 11.5 Å². The molecule has 0 unspecified atom stereocenters. The lowest BCUT2D eigenvalue weighted by Crippen LogP contribution is -2.20. The lowest BCUT2D eigenvalue weighted by molar-refractivity contribution is -0.116. The van der Waals surface area contributed by atoms with Gasteiger partial charge in [-0.1, -0.05) is 11.6 Å². The van der Waals surface area contributed by atoms with Gasteiger partial charge in [0.15, 0.2) is 11.5 Å². The number of rotatable bonds is 4. The Kier molecular flexibility index (Phi) is 4.44. The first kappa shape index (κ1) is 16.3. The smallest absolute Gasteiger partial charge is 0.254 e. The molecule has 7 nitrogen and oxygen atoms in total. The van der Waals surface area contributed by atoms with E-state index in [0.29, 0.717) is 45.7 Å². The summed E-state index contributed by atoms with van der Waals surface area (Å²) in [5.74, 6) is 1.38. The molecule has 8 heteroatoms. The van der Waals surface area contributed by atoms with Gasteiger partial charge < -0.3 is 19.8 Å². The minimum absolute atomic E-state index is 0.130. The number of fused-ring (bicyclic) bond motifs is 1. The first-order valence-corrected chi connectivity index (χ1v) is 7.77. The highest BCUT2D eigenvalue weighted by molar-refractivity contribution is 6.34. The summed E-state index contributed by atoms with van der Waals surface area (Å²) in [6.07, 6.45) is 0.432. The molecule has 2 aromatic rings. The number of nitrogens with one attached hydrogen (secondary N) is 2. The highest BCUT2D eigenvalue weighted by Crippen LogP contribution is 2.39. The Morgan fingerprint density at radius 2 is 2.04 bits per heavy atom. The van der Waals surface area contributed by atoms with Crippen LogP contribution in [-0.4, -0.2) is 22.7 Å². The van der Waals surface area contributed by atoms with Gasteiger partial charge in [-0.3, -0.25) is 9.59 Å². The number of ether oxygens (including phenoxy) is 2. The van der Waals surface area contributed by atoms with E-state index in [4.69, 9.17) is 21.1 Å². The van der Waals surface area contributed by atoms with Crippen LogP contribution in [0.15, 0.2) is 16.9 Å². The predicted octanol–water partition coefficient (Wildman–Crippen LogP) is 2.34. The average Bonchev–Trinajstić information content (AvgIpc) is 2.93. The molecule has 2 N–H and O–H groups in total. The molecule has 0 aliphatic carbocycles. The number of hydrogen-bond acceptors (Lipinski definition) is 5. The SMILES string of the molecule is Cc1nc(C)c(CCC(=O)Nc2cc3c(cc2Cl)OCO3)c(=O)[nH]1. The molecule has 3 rings (SSSR count). The monoisotopic (exact) mass is 349 g/mol. The van der Waals surface area contributed by atoms with Gasteiger partial charge in [0.1, 0.15) is 5.82 Å². The van der Waals surface area contributed by atoms with Crippen molar-refractivity contribution in [3.63, 3.8) is 0 Å². The van der Waals surface area contributed by atoms with Crippen molar-refractivity contribution in [2.75, 3.05) is 12.1 Å². The zero-order valence-corrected chi connectivity index (χ0v) is 14.0. The number of nitrogens with zero attached hydrogens (tertiary/aromatic N) is 1. The van der Waals surface area contributed by atoms with Crippen molar-refractivity contribution in [1.82, 2.24) is 9.97 Å². The third kappa shape index (κ3) is 3.35. The topological polar surface area (TPSA) is 93.3 Å². The number of amides is 1. The van der Waals surface area contributed by atoms with E-state index in [0.717, 1.165) is 0 Å². The zero-order valence-electron chi connectivity index (χ0n) is 13.2. The second kappa shape index (κ2) is 6.52. The molecule has 1 aromatic heterocycles. The van der Waals surface area contributed by atoms with Crippen LogP contribution in [0.2, 0.25) is 5.02 Å². The standard InChI is InChI=1S/C16H16ClN3O4/c1-8-10(16(22)19-9(2)18-8)3-4-15(21)20-12-6-14-13(5-11(12)17)23-7-24-14/h5-6H,3-4,7H2,1-2H3,(H,20,21)(H,18,19,22). The van der Waals surface area contributed by atoms with Crippen LogP contribution in [0.1, 0.15) is 23.5 Å². The van der Waals surface area contributed by atoms with Gasteiger partial charge in [0.05, 0.1) is 10.7 Å². The third-order valence-electron chi connectivity index (χ3n) is 3.68. The van der Waals surface area contributed by atoms with Crippen LogP contribution in [0.25, 0.3) is 0 Å². The molecule has 0 atom stereocenters. The van der Waals surface area contributed by atoms with Crippen LogP contribution in [0.4, 0.5) is 5.69 Å². The number of aromatic nitrogens is 2. The van der Waals surface area contributed by atoms with Gasteiger partial charge in [0, 0.05) is 29.8 Å². The quantitative estimate of drug-likeness (QED) is 0.883. The van der Waals surface area contributed by atoms with E-state index in [1.807, 2.05) is 0 Å². The van der Waals surface area contributed by atoms with Crippen LogP contribution in [-0.2, 0) is 11.2 Å². The molecular weight excluding hydrogens is 334 g/mol. The van der Waals surface area contributed by atoms with Crippen molar-refractivity contribution in [2.45, 2.75) is 26.7 Å². The van der Waals surface area contributed by atoms with Gasteiger partial charge in [0.2, 0.25) is 12.7 Å². The van der Waals surface area contributed by atoms with Crippen molar-refractivity contribution < 1.29 is 14.3 Å². The molecule has 0 spiro atoms. The zero-order chi connectivity index (χ0) is 17.3. The Hall–Kier alpha value is -2.54. The maximum Gasteiger partial charge on any atom is 0.254 e. The Bertz CT molecular complexity index is 863. The molecule has 24 heavy (non-hydrogen) atoms. The molecule has 126 valence electrons. The minimum Gasteiger partial charge on any atom is -0.454 e. The van der Waals surface area contributed by atoms with Gasteiger partial charge >= 0.3 is 0 Å². The summed E-state index contributed by atoms with van der Waals surface area (Å²) >= 11 is 6.12. The van der Waals surface area contributed by atoms with Gasteiger partial charge in [0.25, 0.3) is 5.56 Å². The molecule has 1 amide bonds. The highest BCUT2D eigenvalue weighted by atomic mass is 35.5. The Balaban J connectivity index is 1.68. The first-order valence-electron chi connectivity index (χ1n) is 7.39. The van der Waals surface area contributed by atoms with Crippen LogP contribution >= 0.6 is 11.6 Å². The van der Waals surface area contributed by atoms with Crippen LogP contribution in [0, 0.1) is 13.8 Å². The molecule has 1 aliphatic rings. The van der Waals surface area contributed by atoms with Crippen LogP contribution in [0.5, 0.6) is 11.5 Å². The fourth-order valence-electron chi connectivity index (χ4n) is 2.51. The van der Waals surface area contributed by atoms with Crippen molar-refractivity contribution in [3.05, 3.63) is 44.6 Å². The lowest BCUT2D eigenvalue weighted by Gasteiger charge is -2.09. The Labute approximate surface area is 143 Å². The molecule has 1 aromatic carbocycles. The molecule has 0 bridgehead atoms. The van der Waals surface area contributed by atoms with E-state index in [1.165, 1.54) is 0 Å². The van der Waals surface area contributed by atoms with Crippen molar-refractivity contribution in [1.29, 1.82) is 0 Å². The summed E-state index contributed by atoms with van der Waals surface area (Å²) in [7, 11) is 0. The number of benzene rings is 1. The minimum atomic E-state index is -0.254. The van der Waals surface area contributed by atoms with Crippen LogP contribution < -0.4 is 20.3 Å². The summed E-state index contributed by atoms with van der Waals surface area (Å²) in [6.45, 7) is 3.60. The molecule has 0 radical (unpaired) electrons.